The highest BCUT2D eigenvalue weighted by Crippen LogP contribution is 2.27. The van der Waals surface area contributed by atoms with Crippen molar-refractivity contribution in [2.24, 2.45) is 0 Å². The summed E-state index contributed by atoms with van der Waals surface area (Å²) in [6.07, 6.45) is 0. The van der Waals surface area contributed by atoms with Crippen LogP contribution in [-0.4, -0.2) is 4.98 Å². The number of anilines is 2. The van der Waals surface area contributed by atoms with Crippen molar-refractivity contribution in [1.29, 1.82) is 0 Å². The monoisotopic (exact) mass is 304 g/mol. The molecule has 0 spiro atoms. The van der Waals surface area contributed by atoms with Gasteiger partial charge in [0.25, 0.3) is 0 Å². The molecular weight excluding hydrogens is 295 g/mol. The molecule has 3 rings (SSSR count). The molecule has 0 saturated heterocycles. The minimum Gasteiger partial charge on any atom is -0.332 e. The summed E-state index contributed by atoms with van der Waals surface area (Å²) in [5.74, 6) is -0.253. The van der Waals surface area contributed by atoms with E-state index in [1.165, 1.54) is 23.5 Å². The van der Waals surface area contributed by atoms with Crippen LogP contribution in [0.5, 0.6) is 0 Å². The molecule has 5 heteroatoms. The first-order valence-electron chi connectivity index (χ1n) is 5.95. The molecular formula is C15H10ClFN2S. The van der Waals surface area contributed by atoms with Gasteiger partial charge < -0.3 is 5.32 Å². The van der Waals surface area contributed by atoms with Gasteiger partial charge in [-0.05, 0) is 36.4 Å². The van der Waals surface area contributed by atoms with Gasteiger partial charge in [0.1, 0.15) is 5.82 Å². The number of benzene rings is 2. The highest BCUT2D eigenvalue weighted by molar-refractivity contribution is 7.14. The second-order valence-corrected chi connectivity index (χ2v) is 5.47. The fourth-order valence-electron chi connectivity index (χ4n) is 1.74. The van der Waals surface area contributed by atoms with Crippen LogP contribution in [0.3, 0.4) is 0 Å². The summed E-state index contributed by atoms with van der Waals surface area (Å²) >= 11 is 7.36. The average molecular weight is 305 g/mol. The number of nitrogens with zero attached hydrogens (tertiary/aromatic N) is 1. The van der Waals surface area contributed by atoms with Gasteiger partial charge in [0.05, 0.1) is 5.69 Å². The smallest absolute Gasteiger partial charge is 0.187 e. The van der Waals surface area contributed by atoms with Crippen LogP contribution >= 0.6 is 22.9 Å². The van der Waals surface area contributed by atoms with E-state index >= 15 is 0 Å². The Bertz CT molecular complexity index is 707. The molecule has 0 aliphatic heterocycles. The summed E-state index contributed by atoms with van der Waals surface area (Å²) in [6, 6.07) is 13.7. The van der Waals surface area contributed by atoms with E-state index in [9.17, 15) is 4.39 Å². The Morgan fingerprint density at radius 3 is 2.40 bits per heavy atom. The third-order valence-electron chi connectivity index (χ3n) is 2.74. The predicted octanol–water partition coefficient (Wildman–Crippen LogP) is 5.35. The minimum atomic E-state index is -0.253. The van der Waals surface area contributed by atoms with Gasteiger partial charge >= 0.3 is 0 Å². The summed E-state index contributed by atoms with van der Waals surface area (Å²) in [5.41, 5.74) is 2.71. The van der Waals surface area contributed by atoms with Crippen molar-refractivity contribution >= 4 is 33.8 Å². The number of aromatic nitrogens is 1. The van der Waals surface area contributed by atoms with E-state index in [-0.39, 0.29) is 5.82 Å². The highest BCUT2D eigenvalue weighted by atomic mass is 35.5. The molecule has 1 heterocycles. The lowest BCUT2D eigenvalue weighted by Crippen LogP contribution is -1.89. The molecule has 2 aromatic carbocycles. The summed E-state index contributed by atoms with van der Waals surface area (Å²) < 4.78 is 12.8. The molecule has 0 unspecified atom stereocenters. The first-order valence-corrected chi connectivity index (χ1v) is 7.20. The molecule has 0 aliphatic rings. The average Bonchev–Trinajstić information content (AvgIpc) is 2.91. The van der Waals surface area contributed by atoms with Crippen molar-refractivity contribution < 1.29 is 4.39 Å². The van der Waals surface area contributed by atoms with Crippen LogP contribution in [0.4, 0.5) is 15.2 Å². The number of thiazole rings is 1. The van der Waals surface area contributed by atoms with E-state index in [2.05, 4.69) is 10.3 Å². The summed E-state index contributed by atoms with van der Waals surface area (Å²) in [4.78, 5) is 4.50. The Kier molecular flexibility index (Phi) is 3.67. The second-order valence-electron chi connectivity index (χ2n) is 4.18. The van der Waals surface area contributed by atoms with Gasteiger partial charge in [-0.2, -0.15) is 0 Å². The van der Waals surface area contributed by atoms with E-state index in [0.29, 0.717) is 5.02 Å². The second kappa shape index (κ2) is 5.61. The van der Waals surface area contributed by atoms with E-state index < -0.39 is 0 Å². The van der Waals surface area contributed by atoms with Crippen molar-refractivity contribution in [3.05, 3.63) is 64.8 Å². The van der Waals surface area contributed by atoms with E-state index in [1.54, 1.807) is 12.1 Å². The van der Waals surface area contributed by atoms with Gasteiger partial charge in [-0.1, -0.05) is 23.7 Å². The van der Waals surface area contributed by atoms with Crippen LogP contribution in [0.2, 0.25) is 5.02 Å². The molecule has 0 fully saturated rings. The van der Waals surface area contributed by atoms with Gasteiger partial charge in [0.15, 0.2) is 5.13 Å². The molecule has 0 bridgehead atoms. The summed E-state index contributed by atoms with van der Waals surface area (Å²) in [7, 11) is 0. The standard InChI is InChI=1S/C15H10ClFN2S/c16-11-3-1-10(2-4-11)14-9-20-15(19-14)18-13-7-5-12(17)6-8-13/h1-9H,(H,18,19). The van der Waals surface area contributed by atoms with Crippen LogP contribution in [0, 0.1) is 5.82 Å². The zero-order valence-electron chi connectivity index (χ0n) is 10.3. The van der Waals surface area contributed by atoms with Crippen LogP contribution in [0.25, 0.3) is 11.3 Å². The third kappa shape index (κ3) is 2.98. The molecule has 0 saturated carbocycles. The van der Waals surface area contributed by atoms with E-state index in [1.807, 2.05) is 29.6 Å². The molecule has 0 aliphatic carbocycles. The highest BCUT2D eigenvalue weighted by Gasteiger charge is 2.05. The zero-order chi connectivity index (χ0) is 13.9. The van der Waals surface area contributed by atoms with Crippen molar-refractivity contribution in [1.82, 2.24) is 4.98 Å². The Morgan fingerprint density at radius 2 is 1.70 bits per heavy atom. The van der Waals surface area contributed by atoms with Gasteiger partial charge in [-0.3, -0.25) is 0 Å². The van der Waals surface area contributed by atoms with Gasteiger partial charge in [-0.15, -0.1) is 11.3 Å². The van der Waals surface area contributed by atoms with Crippen molar-refractivity contribution in [2.45, 2.75) is 0 Å². The summed E-state index contributed by atoms with van der Waals surface area (Å²) in [5, 5.41) is 6.58. The lowest BCUT2D eigenvalue weighted by atomic mass is 10.2. The number of halogens is 2. The van der Waals surface area contributed by atoms with Crippen molar-refractivity contribution in [3.8, 4) is 11.3 Å². The Morgan fingerprint density at radius 1 is 1.00 bits per heavy atom. The van der Waals surface area contributed by atoms with Crippen LogP contribution in [-0.2, 0) is 0 Å². The Balaban J connectivity index is 1.80. The first-order chi connectivity index (χ1) is 9.70. The largest absolute Gasteiger partial charge is 0.332 e. The van der Waals surface area contributed by atoms with Crippen LogP contribution in [0.15, 0.2) is 53.9 Å². The SMILES string of the molecule is Fc1ccc(Nc2nc(-c3ccc(Cl)cc3)cs2)cc1. The lowest BCUT2D eigenvalue weighted by Gasteiger charge is -2.01. The number of rotatable bonds is 3. The van der Waals surface area contributed by atoms with Gasteiger partial charge in [0, 0.05) is 21.7 Å². The fraction of sp³-hybridized carbons (Fsp3) is 0. The van der Waals surface area contributed by atoms with Crippen molar-refractivity contribution in [3.63, 3.8) is 0 Å². The van der Waals surface area contributed by atoms with Gasteiger partial charge in [-0.25, -0.2) is 9.37 Å². The number of hydrogen-bond acceptors (Lipinski definition) is 3. The fourth-order valence-corrected chi connectivity index (χ4v) is 2.61. The maximum absolute atomic E-state index is 12.8. The maximum atomic E-state index is 12.8. The molecule has 0 amide bonds. The molecule has 20 heavy (non-hydrogen) atoms. The molecule has 100 valence electrons. The molecule has 0 atom stereocenters. The molecule has 0 radical (unpaired) electrons. The topological polar surface area (TPSA) is 24.9 Å². The predicted molar refractivity (Wildman–Crippen MR) is 82.2 cm³/mol. The Labute approximate surface area is 124 Å². The molecule has 1 aromatic heterocycles. The molecule has 2 nitrogen and oxygen atoms in total. The molecule has 3 aromatic rings. The van der Waals surface area contributed by atoms with Crippen molar-refractivity contribution in [2.75, 3.05) is 5.32 Å². The number of nitrogens with one attached hydrogen (secondary N) is 1. The van der Waals surface area contributed by atoms with Crippen LogP contribution < -0.4 is 5.32 Å². The first kappa shape index (κ1) is 13.1. The Hall–Kier alpha value is -1.91. The van der Waals surface area contributed by atoms with E-state index in [4.69, 9.17) is 11.6 Å². The zero-order valence-corrected chi connectivity index (χ0v) is 11.9. The lowest BCUT2D eigenvalue weighted by molar-refractivity contribution is 0.628. The van der Waals surface area contributed by atoms with E-state index in [0.717, 1.165) is 22.1 Å². The minimum absolute atomic E-state index is 0.253. The number of hydrogen-bond donors (Lipinski definition) is 1. The quantitative estimate of drug-likeness (QED) is 0.706. The van der Waals surface area contributed by atoms with Gasteiger partial charge in [0.2, 0.25) is 0 Å². The summed E-state index contributed by atoms with van der Waals surface area (Å²) in [6.45, 7) is 0. The maximum Gasteiger partial charge on any atom is 0.187 e. The van der Waals surface area contributed by atoms with Crippen LogP contribution in [0.1, 0.15) is 0 Å². The third-order valence-corrected chi connectivity index (χ3v) is 3.75. The molecule has 1 N–H and O–H groups in total. The normalized spacial score (nSPS) is 10.5.